The lowest BCUT2D eigenvalue weighted by Gasteiger charge is -2.30. The predicted molar refractivity (Wildman–Crippen MR) is 112 cm³/mol. The highest BCUT2D eigenvalue weighted by Crippen LogP contribution is 2.25. The molecule has 0 radical (unpaired) electrons. The summed E-state index contributed by atoms with van der Waals surface area (Å²) in [7, 11) is -0.0622. The Morgan fingerprint density at radius 2 is 1.75 bits per heavy atom. The van der Waals surface area contributed by atoms with E-state index < -0.39 is 33.0 Å². The first kappa shape index (κ1) is 26.0. The minimum absolute atomic E-state index is 0.149. The van der Waals surface area contributed by atoms with E-state index in [1.54, 1.807) is 33.9 Å². The fraction of sp³-hybridized carbons (Fsp3) is 0.632. The van der Waals surface area contributed by atoms with E-state index in [0.29, 0.717) is 13.1 Å². The fourth-order valence-electron chi connectivity index (χ4n) is 2.27. The molecule has 28 heavy (non-hydrogen) atoms. The van der Waals surface area contributed by atoms with Crippen LogP contribution in [0.15, 0.2) is 29.2 Å². The van der Waals surface area contributed by atoms with Crippen molar-refractivity contribution in [2.24, 2.45) is 5.41 Å². The minimum atomic E-state index is -1.69. The van der Waals surface area contributed by atoms with Gasteiger partial charge >= 0.3 is 6.09 Å². The summed E-state index contributed by atoms with van der Waals surface area (Å²) in [5, 5.41) is 13.8. The van der Waals surface area contributed by atoms with Gasteiger partial charge in [-0.3, -0.25) is 10.1 Å². The largest absolute Gasteiger partial charge is 0.444 e. The van der Waals surface area contributed by atoms with Crippen LogP contribution in [0.5, 0.6) is 0 Å². The van der Waals surface area contributed by atoms with Crippen molar-refractivity contribution in [1.82, 2.24) is 9.62 Å². The van der Waals surface area contributed by atoms with Gasteiger partial charge in [-0.25, -0.2) is 13.3 Å². The predicted octanol–water partition coefficient (Wildman–Crippen LogP) is 4.13. The van der Waals surface area contributed by atoms with E-state index in [2.05, 4.69) is 5.32 Å². The molecule has 0 spiro atoms. The number of alkyl carbamates (subject to hydrolysis) is 1. The molecule has 0 saturated heterocycles. The number of rotatable bonds is 7. The van der Waals surface area contributed by atoms with Crippen molar-refractivity contribution in [2.75, 3.05) is 20.1 Å². The maximum atomic E-state index is 12.7. The Hall–Kier alpha value is -2.00. The van der Waals surface area contributed by atoms with Crippen molar-refractivity contribution in [1.29, 1.82) is 0 Å². The molecule has 1 rings (SSSR count). The fourth-order valence-corrected chi connectivity index (χ4v) is 3.59. The van der Waals surface area contributed by atoms with Gasteiger partial charge in [0.2, 0.25) is 0 Å². The lowest BCUT2D eigenvalue weighted by molar-refractivity contribution is -0.387. The third-order valence-corrected chi connectivity index (χ3v) is 4.71. The molecule has 1 N–H and O–H groups in total. The highest BCUT2D eigenvalue weighted by Gasteiger charge is 2.28. The number of amides is 1. The van der Waals surface area contributed by atoms with Crippen LogP contribution in [0.4, 0.5) is 10.5 Å². The first-order valence-electron chi connectivity index (χ1n) is 9.16. The van der Waals surface area contributed by atoms with Crippen molar-refractivity contribution in [3.8, 4) is 0 Å². The van der Waals surface area contributed by atoms with Crippen LogP contribution in [-0.2, 0) is 15.7 Å². The molecule has 1 amide bonds. The van der Waals surface area contributed by atoms with E-state index in [-0.39, 0.29) is 10.6 Å². The molecule has 1 unspecified atom stereocenters. The number of carbonyl (C=O) groups excluding carboxylic acids is 1. The van der Waals surface area contributed by atoms with Gasteiger partial charge in [-0.1, -0.05) is 39.8 Å². The van der Waals surface area contributed by atoms with Crippen LogP contribution in [0.3, 0.4) is 0 Å². The number of nitro groups is 1. The Kier molecular flexibility index (Phi) is 10.3. The molecule has 0 aliphatic rings. The van der Waals surface area contributed by atoms with Gasteiger partial charge in [-0.15, -0.1) is 0 Å². The standard InChI is InChI=1S/C17H27N3O5S.C2H6/c1-16(2,3)25-15(21)18-11-17(4,5)12-19(6)26(24)14-10-8-7-9-13(14)20(22)23;1-2/h7-10H,11-12H2,1-6H3,(H,18,21);1-2H3. The lowest BCUT2D eigenvalue weighted by Crippen LogP contribution is -2.43. The number of ether oxygens (including phenoxy) is 1. The van der Waals surface area contributed by atoms with Gasteiger partial charge in [0.25, 0.3) is 5.69 Å². The van der Waals surface area contributed by atoms with Crippen LogP contribution in [0.25, 0.3) is 0 Å². The molecule has 1 aromatic carbocycles. The van der Waals surface area contributed by atoms with Crippen LogP contribution in [0.2, 0.25) is 0 Å². The molecule has 0 aliphatic carbocycles. The van der Waals surface area contributed by atoms with E-state index in [4.69, 9.17) is 4.74 Å². The molecule has 0 saturated carbocycles. The molecule has 1 aromatic rings. The number of hydrogen-bond donors (Lipinski definition) is 1. The SMILES string of the molecule is CC.CN(CC(C)(C)CNC(=O)OC(C)(C)C)S(=O)c1ccccc1[N+](=O)[O-]. The van der Waals surface area contributed by atoms with E-state index in [0.717, 1.165) is 0 Å². The molecule has 0 heterocycles. The molecule has 8 nitrogen and oxygen atoms in total. The van der Waals surface area contributed by atoms with Crippen LogP contribution < -0.4 is 5.32 Å². The Morgan fingerprint density at radius 3 is 2.25 bits per heavy atom. The molecule has 0 aliphatic heterocycles. The molecule has 0 aromatic heterocycles. The molecule has 0 fully saturated rings. The van der Waals surface area contributed by atoms with Crippen LogP contribution in [0, 0.1) is 15.5 Å². The summed E-state index contributed by atoms with van der Waals surface area (Å²) in [6.07, 6.45) is -0.520. The minimum Gasteiger partial charge on any atom is -0.444 e. The van der Waals surface area contributed by atoms with Gasteiger partial charge in [-0.05, 0) is 32.3 Å². The molecule has 9 heteroatoms. The second-order valence-corrected chi connectivity index (χ2v) is 9.34. The van der Waals surface area contributed by atoms with E-state index in [9.17, 15) is 19.1 Å². The maximum absolute atomic E-state index is 12.7. The van der Waals surface area contributed by atoms with Crippen molar-refractivity contribution in [3.05, 3.63) is 34.4 Å². The van der Waals surface area contributed by atoms with Crippen molar-refractivity contribution < 1.29 is 18.7 Å². The number of benzene rings is 1. The Labute approximate surface area is 170 Å². The van der Waals surface area contributed by atoms with Crippen molar-refractivity contribution in [3.63, 3.8) is 0 Å². The summed E-state index contributed by atoms with van der Waals surface area (Å²) < 4.78 is 19.4. The highest BCUT2D eigenvalue weighted by molar-refractivity contribution is 7.82. The van der Waals surface area contributed by atoms with Gasteiger partial charge < -0.3 is 10.1 Å². The zero-order chi connectivity index (χ0) is 22.1. The van der Waals surface area contributed by atoms with E-state index >= 15 is 0 Å². The van der Waals surface area contributed by atoms with Crippen LogP contribution >= 0.6 is 0 Å². The van der Waals surface area contributed by atoms with Gasteiger partial charge in [0.15, 0.2) is 0 Å². The Bertz CT molecular complexity index is 686. The third kappa shape index (κ3) is 9.27. The second-order valence-electron chi connectivity index (χ2n) is 7.78. The smallest absolute Gasteiger partial charge is 0.407 e. The molecule has 160 valence electrons. The van der Waals surface area contributed by atoms with Gasteiger partial charge in [-0.2, -0.15) is 0 Å². The molecule has 0 bridgehead atoms. The van der Waals surface area contributed by atoms with Gasteiger partial charge in [0, 0.05) is 26.2 Å². The zero-order valence-electron chi connectivity index (χ0n) is 18.1. The molecular weight excluding hydrogens is 382 g/mol. The number of carbonyl (C=O) groups is 1. The number of nitrogens with one attached hydrogen (secondary N) is 1. The molecular formula is C19H33N3O5S. The zero-order valence-corrected chi connectivity index (χ0v) is 18.9. The number of para-hydroxylation sites is 1. The van der Waals surface area contributed by atoms with Gasteiger partial charge in [0.05, 0.1) is 4.92 Å². The number of hydrogen-bond acceptors (Lipinski definition) is 5. The van der Waals surface area contributed by atoms with Crippen molar-refractivity contribution in [2.45, 2.75) is 59.0 Å². The summed E-state index contributed by atoms with van der Waals surface area (Å²) in [5.74, 6) is 0. The lowest BCUT2D eigenvalue weighted by atomic mass is 9.93. The number of nitro benzene ring substituents is 1. The van der Waals surface area contributed by atoms with E-state index in [1.807, 2.05) is 27.7 Å². The summed E-state index contributed by atoms with van der Waals surface area (Å²) >= 11 is 0. The van der Waals surface area contributed by atoms with Crippen LogP contribution in [0.1, 0.15) is 48.5 Å². The highest BCUT2D eigenvalue weighted by atomic mass is 32.2. The summed E-state index contributed by atoms with van der Waals surface area (Å²) in [6, 6.07) is 5.96. The Balaban J connectivity index is 0.00000352. The first-order chi connectivity index (χ1) is 12.8. The van der Waals surface area contributed by atoms with E-state index in [1.165, 1.54) is 22.5 Å². The average molecular weight is 416 g/mol. The second kappa shape index (κ2) is 11.1. The quantitative estimate of drug-likeness (QED) is 0.533. The average Bonchev–Trinajstić information content (AvgIpc) is 2.59. The Morgan fingerprint density at radius 1 is 1.21 bits per heavy atom. The molecule has 1 atom stereocenters. The normalized spacial score (nSPS) is 12.6. The topological polar surface area (TPSA) is 102 Å². The monoisotopic (exact) mass is 415 g/mol. The first-order valence-corrected chi connectivity index (χ1v) is 10.3. The summed E-state index contributed by atoms with van der Waals surface area (Å²) in [5.41, 5.74) is -1.19. The summed E-state index contributed by atoms with van der Waals surface area (Å²) in [4.78, 5) is 22.5. The number of nitrogens with zero attached hydrogens (tertiary/aromatic N) is 2. The third-order valence-electron chi connectivity index (χ3n) is 3.29. The van der Waals surface area contributed by atoms with Crippen LogP contribution in [-0.4, -0.2) is 45.3 Å². The van der Waals surface area contributed by atoms with Gasteiger partial charge in [0.1, 0.15) is 21.5 Å². The summed E-state index contributed by atoms with van der Waals surface area (Å²) in [6.45, 7) is 13.8. The maximum Gasteiger partial charge on any atom is 0.407 e. The van der Waals surface area contributed by atoms with Crippen molar-refractivity contribution >= 4 is 22.8 Å².